The molecule has 6 atom stereocenters. The molecule has 8 rings (SSSR count). The first-order valence-electron chi connectivity index (χ1n) is 22.0. The Labute approximate surface area is 381 Å². The van der Waals surface area contributed by atoms with Gasteiger partial charge in [0, 0.05) is 23.6 Å². The van der Waals surface area contributed by atoms with Crippen LogP contribution in [0, 0.1) is 23.2 Å². The number of hydrogen-bond acceptors (Lipinski definition) is 12. The molecule has 0 spiro atoms. The van der Waals surface area contributed by atoms with Crippen LogP contribution in [0.15, 0.2) is 122 Å². The van der Waals surface area contributed by atoms with Gasteiger partial charge in [-0.3, -0.25) is 9.36 Å². The van der Waals surface area contributed by atoms with E-state index >= 15 is 0 Å². The van der Waals surface area contributed by atoms with E-state index in [4.69, 9.17) is 38.0 Å². The predicted molar refractivity (Wildman–Crippen MR) is 248 cm³/mol. The van der Waals surface area contributed by atoms with E-state index in [-0.39, 0.29) is 55.3 Å². The third-order valence-corrected chi connectivity index (χ3v) is 14.5. The number of benzene rings is 4. The summed E-state index contributed by atoms with van der Waals surface area (Å²) < 4.78 is 44.4. The minimum Gasteiger partial charge on any atom is -0.497 e. The van der Waals surface area contributed by atoms with Gasteiger partial charge in [0.25, 0.3) is 14.4 Å². The van der Waals surface area contributed by atoms with Gasteiger partial charge >= 0.3 is 0 Å². The molecule has 1 aliphatic carbocycles. The van der Waals surface area contributed by atoms with E-state index in [1.165, 1.54) is 6.33 Å². The fourth-order valence-electron chi connectivity index (χ4n) is 9.49. The minimum absolute atomic E-state index is 0.0643. The van der Waals surface area contributed by atoms with E-state index in [1.807, 2.05) is 89.5 Å². The number of amides is 1. The Morgan fingerprint density at radius 1 is 0.892 bits per heavy atom. The predicted octanol–water partition coefficient (Wildman–Crippen LogP) is 9.69. The van der Waals surface area contributed by atoms with Crippen LogP contribution in [0.25, 0.3) is 11.2 Å². The monoisotopic (exact) mass is 897 g/mol. The molecule has 1 amide bonds. The smallest absolute Gasteiger partial charge is 0.259 e. The number of nitrogens with one attached hydrogen (secondary N) is 1. The largest absolute Gasteiger partial charge is 0.497 e. The van der Waals surface area contributed by atoms with Crippen LogP contribution in [0.2, 0.25) is 0 Å². The van der Waals surface area contributed by atoms with Crippen LogP contribution in [-0.4, -0.2) is 81.3 Å². The molecule has 2 aromatic heterocycles. The Kier molecular flexibility index (Phi) is 13.9. The lowest BCUT2D eigenvalue weighted by Gasteiger charge is -2.42. The third-order valence-electron chi connectivity index (χ3n) is 12.4. The number of nitriles is 1. The van der Waals surface area contributed by atoms with Crippen molar-refractivity contribution in [1.29, 1.82) is 5.26 Å². The molecule has 2 bridgehead atoms. The number of ether oxygens (including phenoxy) is 4. The molecule has 338 valence electrons. The first-order valence-corrected chi connectivity index (χ1v) is 23.1. The summed E-state index contributed by atoms with van der Waals surface area (Å²) in [4.78, 5) is 27.2. The molecule has 2 fully saturated rings. The summed E-state index contributed by atoms with van der Waals surface area (Å²) in [6.07, 6.45) is 2.79. The van der Waals surface area contributed by atoms with Crippen LogP contribution in [0.5, 0.6) is 11.5 Å². The highest BCUT2D eigenvalue weighted by Gasteiger charge is 2.66. The van der Waals surface area contributed by atoms with Gasteiger partial charge in [0.05, 0.1) is 46.3 Å². The molecular formula is C50H56N7O7P. The molecule has 1 N–H and O–H groups in total. The molecule has 3 heterocycles. The lowest BCUT2D eigenvalue weighted by molar-refractivity contribution is -0.172. The van der Waals surface area contributed by atoms with E-state index in [1.54, 1.807) is 32.7 Å². The van der Waals surface area contributed by atoms with Gasteiger partial charge in [-0.1, -0.05) is 79.7 Å². The molecule has 1 saturated carbocycles. The van der Waals surface area contributed by atoms with E-state index < -0.39 is 32.1 Å². The number of rotatable bonds is 19. The molecular weight excluding hydrogens is 842 g/mol. The Morgan fingerprint density at radius 2 is 1.49 bits per heavy atom. The molecule has 1 aliphatic heterocycles. The molecule has 0 radical (unpaired) electrons. The number of carbonyl (C=O) groups excluding carboxylic acids is 1. The maximum atomic E-state index is 13.3. The van der Waals surface area contributed by atoms with Gasteiger partial charge in [0.1, 0.15) is 41.4 Å². The van der Waals surface area contributed by atoms with Crippen LogP contribution >= 0.6 is 8.53 Å². The zero-order valence-electron chi connectivity index (χ0n) is 37.8. The fourth-order valence-corrected chi connectivity index (χ4v) is 11.3. The second-order valence-corrected chi connectivity index (χ2v) is 18.5. The number of fused-ring (bicyclic) bond motifs is 3. The number of aromatic nitrogens is 4. The van der Waals surface area contributed by atoms with E-state index in [2.05, 4.69) is 67.8 Å². The summed E-state index contributed by atoms with van der Waals surface area (Å²) in [5, 5.41) is 12.5. The van der Waals surface area contributed by atoms with Crippen LogP contribution in [-0.2, 0) is 24.1 Å². The average molecular weight is 898 g/mol. The Bertz CT molecular complexity index is 2520. The molecule has 2 aliphatic rings. The van der Waals surface area contributed by atoms with E-state index in [0.717, 1.165) is 28.2 Å². The quantitative estimate of drug-likeness (QED) is 0.0468. The highest BCUT2D eigenvalue weighted by Crippen LogP contribution is 2.62. The van der Waals surface area contributed by atoms with Crippen molar-refractivity contribution in [2.24, 2.45) is 11.8 Å². The summed E-state index contributed by atoms with van der Waals surface area (Å²) in [6, 6.07) is 37.4. The maximum absolute atomic E-state index is 13.3. The summed E-state index contributed by atoms with van der Waals surface area (Å²) in [5.41, 5.74) is 1.93. The third kappa shape index (κ3) is 8.97. The van der Waals surface area contributed by atoms with Gasteiger partial charge in [0.2, 0.25) is 0 Å². The second-order valence-electron chi connectivity index (χ2n) is 17.1. The van der Waals surface area contributed by atoms with Crippen molar-refractivity contribution in [3.05, 3.63) is 144 Å². The van der Waals surface area contributed by atoms with Crippen LogP contribution < -0.4 is 14.8 Å². The number of methoxy groups -OCH3 is 2. The minimum atomic E-state index is -1.70. The number of imidazole rings is 1. The standard InChI is InChI=1S/C50H56N7O7P/c1-33(2)57(34(3)4)65(62-28-14-27-51)64-44-42-35(5)29-49(44,63-48(42)56-32-54-43-45(52-31-53-46(43)56)55-47(58)36-15-10-8-11-16-36)30-61-50(37-17-12-9-13-18-37,38-19-23-40(59-6)24-20-38)39-21-25-41(60-7)26-22-39/h8-13,15-26,31-35,42,44,48H,14,28-30H2,1-7H3,(H,52,53,55,58)/t35-,42-,44+,48-,49-,65?/m1/s1. The van der Waals surface area contributed by atoms with Crippen molar-refractivity contribution in [3.8, 4) is 17.6 Å². The number of hydrogen-bond donors (Lipinski definition) is 1. The van der Waals surface area contributed by atoms with Crippen LogP contribution in [0.4, 0.5) is 5.82 Å². The van der Waals surface area contributed by atoms with Crippen LogP contribution in [0.1, 0.15) is 80.7 Å². The van der Waals surface area contributed by atoms with E-state index in [0.29, 0.717) is 23.1 Å². The van der Waals surface area contributed by atoms with Crippen molar-refractivity contribution in [2.75, 3.05) is 32.8 Å². The number of nitrogens with zero attached hydrogens (tertiary/aromatic N) is 6. The first-order chi connectivity index (χ1) is 31.5. The topological polar surface area (TPSA) is 155 Å². The number of carbonyl (C=O) groups is 1. The Hall–Kier alpha value is -5.78. The van der Waals surface area contributed by atoms with Gasteiger partial charge in [-0.25, -0.2) is 19.6 Å². The van der Waals surface area contributed by atoms with Crippen molar-refractivity contribution >= 4 is 31.4 Å². The number of anilines is 1. The van der Waals surface area contributed by atoms with Gasteiger partial charge in [-0.15, -0.1) is 0 Å². The fraction of sp³-hybridized carbons (Fsp3) is 0.380. The molecule has 65 heavy (non-hydrogen) atoms. The zero-order chi connectivity index (χ0) is 45.7. The van der Waals surface area contributed by atoms with Gasteiger partial charge in [-0.05, 0) is 93.1 Å². The first kappa shape index (κ1) is 45.8. The SMILES string of the molecule is COc1ccc(C(OC[C@@]23C[C@@H](C)[C@@H]([C@H](n4cnc5c(NC(=O)c6ccccc6)ncnc54)O2)[C@@H]3OP(OCCC#N)N(C(C)C)C(C)C)(c2ccccc2)c2ccc(OC)cc2)cc1. The zero-order valence-corrected chi connectivity index (χ0v) is 38.7. The molecule has 6 aromatic rings. The average Bonchev–Trinajstić information content (AvgIpc) is 3.97. The van der Waals surface area contributed by atoms with Crippen molar-refractivity contribution in [1.82, 2.24) is 24.2 Å². The lowest BCUT2D eigenvalue weighted by atomic mass is 9.79. The summed E-state index contributed by atoms with van der Waals surface area (Å²) >= 11 is 0. The van der Waals surface area contributed by atoms with Crippen molar-refractivity contribution in [2.45, 2.75) is 83.1 Å². The molecule has 14 nitrogen and oxygen atoms in total. The molecule has 4 aromatic carbocycles. The van der Waals surface area contributed by atoms with Gasteiger partial charge in [-0.2, -0.15) is 5.26 Å². The van der Waals surface area contributed by atoms with Gasteiger partial charge in [0.15, 0.2) is 17.0 Å². The second kappa shape index (κ2) is 19.8. The lowest BCUT2D eigenvalue weighted by Crippen LogP contribution is -2.47. The Morgan fingerprint density at radius 3 is 2.08 bits per heavy atom. The molecule has 15 heteroatoms. The van der Waals surface area contributed by atoms with E-state index in [9.17, 15) is 10.1 Å². The summed E-state index contributed by atoms with van der Waals surface area (Å²) in [5.74, 6) is 1.25. The molecule has 1 unspecified atom stereocenters. The highest BCUT2D eigenvalue weighted by molar-refractivity contribution is 7.44. The van der Waals surface area contributed by atoms with Gasteiger partial charge < -0.3 is 33.3 Å². The summed E-state index contributed by atoms with van der Waals surface area (Å²) in [7, 11) is 1.61. The summed E-state index contributed by atoms with van der Waals surface area (Å²) in [6.45, 7) is 11.0. The van der Waals surface area contributed by atoms with Crippen molar-refractivity contribution < 1.29 is 32.8 Å². The van der Waals surface area contributed by atoms with Crippen LogP contribution in [0.3, 0.4) is 0 Å². The Balaban J connectivity index is 1.25. The highest BCUT2D eigenvalue weighted by atomic mass is 31.2. The maximum Gasteiger partial charge on any atom is 0.259 e. The van der Waals surface area contributed by atoms with Crippen molar-refractivity contribution in [3.63, 3.8) is 0 Å². The molecule has 1 saturated heterocycles. The normalized spacial score (nSPS) is 20.9.